The fourth-order valence-corrected chi connectivity index (χ4v) is 1.56. The predicted molar refractivity (Wildman–Crippen MR) is 90.8 cm³/mol. The third-order valence-electron chi connectivity index (χ3n) is 2.64. The first-order chi connectivity index (χ1) is 12.2. The molecule has 0 aromatic carbocycles. The minimum atomic E-state index is -0.480. The van der Waals surface area contributed by atoms with Crippen molar-refractivity contribution < 1.29 is 14.3 Å². The number of hydrazone groups is 2. The Balaban J connectivity index is 1.59. The van der Waals surface area contributed by atoms with Gasteiger partial charge in [0.25, 0.3) is 11.8 Å². The summed E-state index contributed by atoms with van der Waals surface area (Å²) in [5.74, 6) is -0.960. The van der Waals surface area contributed by atoms with E-state index in [1.165, 1.54) is 12.4 Å². The van der Waals surface area contributed by atoms with Gasteiger partial charge in [0.15, 0.2) is 0 Å². The topological polar surface area (TPSA) is 118 Å². The summed E-state index contributed by atoms with van der Waals surface area (Å²) in [5.41, 5.74) is 6.05. The molecule has 0 radical (unpaired) electrons. The van der Waals surface area contributed by atoms with Crippen LogP contribution >= 0.6 is 0 Å². The van der Waals surface area contributed by atoms with Crippen molar-refractivity contribution >= 4 is 24.2 Å². The molecule has 2 amide bonds. The Morgan fingerprint density at radius 3 is 1.80 bits per heavy atom. The molecule has 0 atom stereocenters. The maximum absolute atomic E-state index is 11.5. The summed E-state index contributed by atoms with van der Waals surface area (Å²) in [6.45, 7) is -0.603. The van der Waals surface area contributed by atoms with Crippen LogP contribution in [0.3, 0.4) is 0 Å². The second kappa shape index (κ2) is 10.3. The number of hydrogen-bond donors (Lipinski definition) is 2. The van der Waals surface area contributed by atoms with Crippen LogP contribution in [-0.2, 0) is 14.3 Å². The van der Waals surface area contributed by atoms with E-state index in [1.54, 1.807) is 49.1 Å². The molecule has 0 bridgehead atoms. The van der Waals surface area contributed by atoms with E-state index in [0.29, 0.717) is 0 Å². The molecule has 0 aliphatic rings. The molecule has 2 N–H and O–H groups in total. The highest BCUT2D eigenvalue weighted by molar-refractivity contribution is 5.83. The van der Waals surface area contributed by atoms with Crippen LogP contribution in [0.2, 0.25) is 0 Å². The Labute approximate surface area is 143 Å². The molecule has 2 heterocycles. The highest BCUT2D eigenvalue weighted by atomic mass is 16.5. The summed E-state index contributed by atoms with van der Waals surface area (Å²) in [4.78, 5) is 30.8. The van der Waals surface area contributed by atoms with Crippen molar-refractivity contribution in [2.75, 3.05) is 13.2 Å². The number of aromatic nitrogens is 2. The molecule has 2 aromatic rings. The molecule has 128 valence electrons. The SMILES string of the molecule is O=C(COCC(=O)NN=Cc1cccnc1)NN=Cc1cccnc1. The quantitative estimate of drug-likeness (QED) is 0.522. The number of carbonyl (C=O) groups excluding carboxylic acids is 2. The molecule has 0 aliphatic heterocycles. The van der Waals surface area contributed by atoms with E-state index >= 15 is 0 Å². The third-order valence-corrected chi connectivity index (χ3v) is 2.64. The monoisotopic (exact) mass is 340 g/mol. The normalized spacial score (nSPS) is 10.9. The van der Waals surface area contributed by atoms with Crippen LogP contribution in [-0.4, -0.2) is 47.4 Å². The van der Waals surface area contributed by atoms with Crippen molar-refractivity contribution in [1.82, 2.24) is 20.8 Å². The van der Waals surface area contributed by atoms with Crippen LogP contribution in [0.25, 0.3) is 0 Å². The van der Waals surface area contributed by atoms with Gasteiger partial charge in [0.1, 0.15) is 13.2 Å². The highest BCUT2D eigenvalue weighted by Gasteiger charge is 2.03. The van der Waals surface area contributed by atoms with Crippen molar-refractivity contribution in [3.05, 3.63) is 60.2 Å². The third kappa shape index (κ3) is 7.57. The molecule has 2 aromatic heterocycles. The Bertz CT molecular complexity index is 671. The lowest BCUT2D eigenvalue weighted by Gasteiger charge is -2.02. The van der Waals surface area contributed by atoms with E-state index in [0.717, 1.165) is 11.1 Å². The molecule has 0 fully saturated rings. The summed E-state index contributed by atoms with van der Waals surface area (Å²) < 4.78 is 4.97. The first-order valence-electron chi connectivity index (χ1n) is 7.25. The molecule has 0 spiro atoms. The molecule has 25 heavy (non-hydrogen) atoms. The lowest BCUT2D eigenvalue weighted by atomic mass is 10.3. The van der Waals surface area contributed by atoms with E-state index in [-0.39, 0.29) is 13.2 Å². The van der Waals surface area contributed by atoms with Crippen molar-refractivity contribution in [3.8, 4) is 0 Å². The van der Waals surface area contributed by atoms with Crippen molar-refractivity contribution in [1.29, 1.82) is 0 Å². The molecule has 9 heteroatoms. The lowest BCUT2D eigenvalue weighted by Crippen LogP contribution is -2.28. The second-order valence-corrected chi connectivity index (χ2v) is 4.65. The van der Waals surface area contributed by atoms with Crippen LogP contribution in [0.5, 0.6) is 0 Å². The fourth-order valence-electron chi connectivity index (χ4n) is 1.56. The Kier molecular flexibility index (Phi) is 7.40. The molecule has 0 saturated heterocycles. The van der Waals surface area contributed by atoms with Gasteiger partial charge in [-0.05, 0) is 12.1 Å². The largest absolute Gasteiger partial charge is 0.362 e. The van der Waals surface area contributed by atoms with Crippen LogP contribution in [0, 0.1) is 0 Å². The van der Waals surface area contributed by atoms with E-state index in [9.17, 15) is 9.59 Å². The van der Waals surface area contributed by atoms with Gasteiger partial charge in [0.2, 0.25) is 0 Å². The number of ether oxygens (including phenoxy) is 1. The van der Waals surface area contributed by atoms with Gasteiger partial charge >= 0.3 is 0 Å². The highest BCUT2D eigenvalue weighted by Crippen LogP contribution is 1.90. The molecule has 9 nitrogen and oxygen atoms in total. The standard InChI is InChI=1S/C16H16N6O3/c23-15(21-19-9-13-3-1-5-17-7-13)11-25-12-16(24)22-20-10-14-4-2-6-18-8-14/h1-10H,11-12H2,(H,21,23)(H,22,24). The number of nitrogens with zero attached hydrogens (tertiary/aromatic N) is 4. The van der Waals surface area contributed by atoms with E-state index in [1.807, 2.05) is 0 Å². The van der Waals surface area contributed by atoms with Gasteiger partial charge in [-0.3, -0.25) is 19.6 Å². The Morgan fingerprint density at radius 2 is 1.40 bits per heavy atom. The number of nitrogens with one attached hydrogen (secondary N) is 2. The first kappa shape index (κ1) is 17.9. The molecule has 0 aliphatic carbocycles. The first-order valence-corrected chi connectivity index (χ1v) is 7.25. The number of carbonyl (C=O) groups is 2. The molecule has 0 saturated carbocycles. The average Bonchev–Trinajstić information content (AvgIpc) is 2.63. The van der Waals surface area contributed by atoms with E-state index in [4.69, 9.17) is 4.74 Å². The summed E-state index contributed by atoms with van der Waals surface area (Å²) in [6.07, 6.45) is 9.37. The summed E-state index contributed by atoms with van der Waals surface area (Å²) in [6, 6.07) is 7.08. The number of rotatable bonds is 8. The Morgan fingerprint density at radius 1 is 0.920 bits per heavy atom. The minimum Gasteiger partial charge on any atom is -0.362 e. The predicted octanol–water partition coefficient (Wildman–Crippen LogP) is 0.0936. The van der Waals surface area contributed by atoms with Gasteiger partial charge in [-0.2, -0.15) is 10.2 Å². The van der Waals surface area contributed by atoms with Gasteiger partial charge in [-0.1, -0.05) is 12.1 Å². The fraction of sp³-hybridized carbons (Fsp3) is 0.125. The molecule has 0 unspecified atom stereocenters. The van der Waals surface area contributed by atoms with Gasteiger partial charge in [0.05, 0.1) is 12.4 Å². The van der Waals surface area contributed by atoms with Crippen molar-refractivity contribution in [2.24, 2.45) is 10.2 Å². The second-order valence-electron chi connectivity index (χ2n) is 4.65. The van der Waals surface area contributed by atoms with Crippen LogP contribution in [0.15, 0.2) is 59.3 Å². The van der Waals surface area contributed by atoms with Crippen LogP contribution in [0.4, 0.5) is 0 Å². The average molecular weight is 340 g/mol. The van der Waals surface area contributed by atoms with Gasteiger partial charge in [-0.25, -0.2) is 10.9 Å². The van der Waals surface area contributed by atoms with Gasteiger partial charge in [0, 0.05) is 35.9 Å². The number of amides is 2. The van der Waals surface area contributed by atoms with Crippen LogP contribution in [0.1, 0.15) is 11.1 Å². The van der Waals surface area contributed by atoms with Crippen molar-refractivity contribution in [3.63, 3.8) is 0 Å². The zero-order valence-electron chi connectivity index (χ0n) is 13.2. The van der Waals surface area contributed by atoms with Gasteiger partial charge < -0.3 is 4.74 Å². The number of pyridine rings is 2. The Hall–Kier alpha value is -3.46. The number of hydrogen-bond acceptors (Lipinski definition) is 7. The summed E-state index contributed by atoms with van der Waals surface area (Å²) >= 11 is 0. The zero-order chi connectivity index (χ0) is 17.7. The molecular formula is C16H16N6O3. The zero-order valence-corrected chi connectivity index (χ0v) is 13.2. The summed E-state index contributed by atoms with van der Waals surface area (Å²) in [7, 11) is 0. The van der Waals surface area contributed by atoms with Crippen LogP contribution < -0.4 is 10.9 Å². The molecule has 2 rings (SSSR count). The minimum absolute atomic E-state index is 0.301. The maximum atomic E-state index is 11.5. The lowest BCUT2D eigenvalue weighted by molar-refractivity contribution is -0.130. The maximum Gasteiger partial charge on any atom is 0.266 e. The summed E-state index contributed by atoms with van der Waals surface area (Å²) in [5, 5.41) is 7.50. The smallest absolute Gasteiger partial charge is 0.266 e. The molecular weight excluding hydrogens is 324 g/mol. The van der Waals surface area contributed by atoms with E-state index < -0.39 is 11.8 Å². The van der Waals surface area contributed by atoms with Crippen molar-refractivity contribution in [2.45, 2.75) is 0 Å². The van der Waals surface area contributed by atoms with Gasteiger partial charge in [-0.15, -0.1) is 0 Å². The van der Waals surface area contributed by atoms with E-state index in [2.05, 4.69) is 31.0 Å².